The van der Waals surface area contributed by atoms with Gasteiger partial charge in [0.15, 0.2) is 6.29 Å². The van der Waals surface area contributed by atoms with Crippen molar-refractivity contribution in [1.29, 1.82) is 0 Å². The molecule has 1 amide bonds. The number of esters is 1. The summed E-state index contributed by atoms with van der Waals surface area (Å²) in [6.45, 7) is 4.25. The number of carbonyl (C=O) groups excluding carboxylic acids is 2. The third-order valence-corrected chi connectivity index (χ3v) is 13.1. The lowest BCUT2D eigenvalue weighted by molar-refractivity contribution is -0.302. The van der Waals surface area contributed by atoms with Gasteiger partial charge in [-0.15, -0.1) is 0 Å². The third-order valence-electron chi connectivity index (χ3n) is 13.1. The molecule has 7 unspecified atom stereocenters. The van der Waals surface area contributed by atoms with Crippen LogP contribution in [0.2, 0.25) is 0 Å². The molecule has 6 N–H and O–H groups in total. The summed E-state index contributed by atoms with van der Waals surface area (Å²) in [5.41, 5.74) is 0. The fraction of sp³-hybridized carbons (Fsp3) is 0.891. The molecule has 0 spiro atoms. The monoisotopic (exact) mass is 938 g/mol. The molecule has 0 radical (unpaired) electrons. The summed E-state index contributed by atoms with van der Waals surface area (Å²) in [6, 6.07) is -0.828. The van der Waals surface area contributed by atoms with Crippen LogP contribution in [0.15, 0.2) is 24.3 Å². The largest absolute Gasteiger partial charge is 0.466 e. The van der Waals surface area contributed by atoms with Gasteiger partial charge in [-0.2, -0.15) is 0 Å². The van der Waals surface area contributed by atoms with Gasteiger partial charge in [-0.3, -0.25) is 9.59 Å². The van der Waals surface area contributed by atoms with E-state index in [1.807, 2.05) is 6.08 Å². The van der Waals surface area contributed by atoms with E-state index in [1.165, 1.54) is 148 Å². The Balaban J connectivity index is 2.10. The van der Waals surface area contributed by atoms with Gasteiger partial charge in [0.1, 0.15) is 24.4 Å². The van der Waals surface area contributed by atoms with Crippen LogP contribution in [-0.4, -0.2) is 100 Å². The molecule has 0 aromatic carbocycles. The lowest BCUT2D eigenvalue weighted by atomic mass is 9.99. The van der Waals surface area contributed by atoms with Crippen molar-refractivity contribution in [2.24, 2.45) is 0 Å². The maximum absolute atomic E-state index is 13.0. The van der Waals surface area contributed by atoms with Crippen LogP contribution < -0.4 is 5.32 Å². The number of ether oxygens (including phenoxy) is 3. The molecule has 1 rings (SSSR count). The van der Waals surface area contributed by atoms with E-state index in [-0.39, 0.29) is 18.5 Å². The van der Waals surface area contributed by atoms with Gasteiger partial charge in [-0.05, 0) is 57.8 Å². The van der Waals surface area contributed by atoms with E-state index in [1.54, 1.807) is 6.08 Å². The summed E-state index contributed by atoms with van der Waals surface area (Å²) in [7, 11) is 0. The Hall–Kier alpha value is -1.86. The number of nitrogens with one attached hydrogen (secondary N) is 1. The van der Waals surface area contributed by atoms with Crippen LogP contribution >= 0.6 is 0 Å². The van der Waals surface area contributed by atoms with Gasteiger partial charge in [0.2, 0.25) is 5.91 Å². The molecule has 11 heteroatoms. The van der Waals surface area contributed by atoms with E-state index in [4.69, 9.17) is 14.2 Å². The van der Waals surface area contributed by atoms with Crippen molar-refractivity contribution >= 4 is 11.9 Å². The van der Waals surface area contributed by atoms with E-state index in [9.17, 15) is 35.1 Å². The van der Waals surface area contributed by atoms with Crippen molar-refractivity contribution in [2.45, 2.75) is 294 Å². The fourth-order valence-corrected chi connectivity index (χ4v) is 8.60. The lowest BCUT2D eigenvalue weighted by Crippen LogP contribution is -2.60. The Bertz CT molecular complexity index is 1150. The standard InChI is InChI=1S/C55H103NO10/c1-3-5-7-9-11-13-14-15-16-17-20-23-27-31-35-39-43-51(60)64-44-40-36-32-28-24-21-18-19-22-26-30-34-38-42-50(59)56-47(48(58)41-37-33-29-25-12-10-8-6-4-2)46-65-55-54(63)53(62)52(61)49(45-57)66-55/h19,22,37,41,47-49,52-55,57-58,61-63H,3-18,20-21,23-36,38-40,42-46H2,1-2H3,(H,56,59)/b22-19-,41-37+. The number of amides is 1. The molecule has 0 aromatic heterocycles. The van der Waals surface area contributed by atoms with Crippen LogP contribution in [0.3, 0.4) is 0 Å². The topological polar surface area (TPSA) is 175 Å². The minimum atomic E-state index is -1.58. The summed E-state index contributed by atoms with van der Waals surface area (Å²) in [4.78, 5) is 25.0. The van der Waals surface area contributed by atoms with Crippen molar-refractivity contribution in [3.05, 3.63) is 24.3 Å². The molecule has 388 valence electrons. The highest BCUT2D eigenvalue weighted by molar-refractivity contribution is 5.76. The Morgan fingerprint density at radius 2 is 0.970 bits per heavy atom. The predicted molar refractivity (Wildman–Crippen MR) is 269 cm³/mol. The normalized spacial score (nSPS) is 19.8. The Labute approximate surface area is 403 Å². The van der Waals surface area contributed by atoms with Crippen LogP contribution in [0.1, 0.15) is 251 Å². The predicted octanol–water partition coefficient (Wildman–Crippen LogP) is 11.8. The van der Waals surface area contributed by atoms with Crippen molar-refractivity contribution in [1.82, 2.24) is 5.32 Å². The highest BCUT2D eigenvalue weighted by atomic mass is 16.7. The summed E-state index contributed by atoms with van der Waals surface area (Å²) >= 11 is 0. The molecule has 0 saturated carbocycles. The number of allylic oxidation sites excluding steroid dienone is 3. The molecule has 11 nitrogen and oxygen atoms in total. The highest BCUT2D eigenvalue weighted by Crippen LogP contribution is 2.23. The van der Waals surface area contributed by atoms with Gasteiger partial charge in [0, 0.05) is 12.8 Å². The molecule has 0 aliphatic carbocycles. The molecule has 1 saturated heterocycles. The van der Waals surface area contributed by atoms with Crippen molar-refractivity contribution in [3.63, 3.8) is 0 Å². The van der Waals surface area contributed by atoms with E-state index in [2.05, 4.69) is 31.3 Å². The van der Waals surface area contributed by atoms with Gasteiger partial charge in [0.05, 0.1) is 32.0 Å². The number of carbonyl (C=O) groups is 2. The zero-order valence-corrected chi connectivity index (χ0v) is 42.4. The zero-order valence-electron chi connectivity index (χ0n) is 42.4. The smallest absolute Gasteiger partial charge is 0.305 e. The van der Waals surface area contributed by atoms with Crippen LogP contribution in [0.4, 0.5) is 0 Å². The lowest BCUT2D eigenvalue weighted by Gasteiger charge is -2.40. The molecular weight excluding hydrogens is 835 g/mol. The van der Waals surface area contributed by atoms with Crippen molar-refractivity contribution < 1.29 is 49.3 Å². The molecule has 1 aliphatic heterocycles. The Kier molecular flexibility index (Phi) is 42.9. The van der Waals surface area contributed by atoms with Gasteiger partial charge in [-0.1, -0.05) is 205 Å². The minimum absolute atomic E-state index is 0.0318. The molecule has 1 aliphatic rings. The number of hydrogen-bond donors (Lipinski definition) is 6. The fourth-order valence-electron chi connectivity index (χ4n) is 8.60. The van der Waals surface area contributed by atoms with E-state index < -0.39 is 49.5 Å². The number of hydrogen-bond acceptors (Lipinski definition) is 10. The molecule has 1 heterocycles. The second-order valence-electron chi connectivity index (χ2n) is 19.3. The molecular formula is C55H103NO10. The Morgan fingerprint density at radius 1 is 0.545 bits per heavy atom. The van der Waals surface area contributed by atoms with Crippen LogP contribution in [0, 0.1) is 0 Å². The summed E-state index contributed by atoms with van der Waals surface area (Å²) in [5, 5.41) is 54.1. The maximum Gasteiger partial charge on any atom is 0.305 e. The molecule has 0 bridgehead atoms. The first kappa shape index (κ1) is 62.2. The minimum Gasteiger partial charge on any atom is -0.466 e. The first-order valence-corrected chi connectivity index (χ1v) is 27.6. The van der Waals surface area contributed by atoms with Gasteiger partial charge in [-0.25, -0.2) is 0 Å². The Morgan fingerprint density at radius 3 is 1.47 bits per heavy atom. The average molecular weight is 938 g/mol. The zero-order chi connectivity index (χ0) is 48.1. The second-order valence-corrected chi connectivity index (χ2v) is 19.3. The SMILES string of the molecule is CCCCCCCCC/C=C/C(O)C(COC1OC(CO)C(O)C(O)C1O)NC(=O)CCCCC/C=C\CCCCCCCCOC(=O)CCCCCCCCCCCCCCCCCC. The summed E-state index contributed by atoms with van der Waals surface area (Å²) < 4.78 is 16.6. The summed E-state index contributed by atoms with van der Waals surface area (Å²) in [5.74, 6) is -0.246. The van der Waals surface area contributed by atoms with E-state index in [0.29, 0.717) is 25.9 Å². The van der Waals surface area contributed by atoms with Gasteiger partial charge in [0.25, 0.3) is 0 Å². The first-order chi connectivity index (χ1) is 32.2. The number of aliphatic hydroxyl groups excluding tert-OH is 5. The molecule has 7 atom stereocenters. The number of rotatable bonds is 47. The maximum atomic E-state index is 13.0. The van der Waals surface area contributed by atoms with Gasteiger partial charge >= 0.3 is 5.97 Å². The second kappa shape index (κ2) is 45.6. The first-order valence-electron chi connectivity index (χ1n) is 27.6. The highest BCUT2D eigenvalue weighted by Gasteiger charge is 2.44. The molecule has 66 heavy (non-hydrogen) atoms. The van der Waals surface area contributed by atoms with Crippen LogP contribution in [-0.2, 0) is 23.8 Å². The van der Waals surface area contributed by atoms with E-state index in [0.717, 1.165) is 70.6 Å². The number of aliphatic hydroxyl groups is 5. The molecule has 0 aromatic rings. The average Bonchev–Trinajstić information content (AvgIpc) is 3.31. The summed E-state index contributed by atoms with van der Waals surface area (Å²) in [6.07, 6.45) is 42.7. The van der Waals surface area contributed by atoms with Crippen molar-refractivity contribution in [3.8, 4) is 0 Å². The van der Waals surface area contributed by atoms with Crippen LogP contribution in [0.25, 0.3) is 0 Å². The van der Waals surface area contributed by atoms with E-state index >= 15 is 0 Å². The van der Waals surface area contributed by atoms with Crippen molar-refractivity contribution in [2.75, 3.05) is 19.8 Å². The van der Waals surface area contributed by atoms with Gasteiger partial charge < -0.3 is 45.1 Å². The quantitative estimate of drug-likeness (QED) is 0.0196. The molecule has 1 fully saturated rings. The third kappa shape index (κ3) is 35.3. The van der Waals surface area contributed by atoms with Crippen LogP contribution in [0.5, 0.6) is 0 Å². The number of unbranched alkanes of at least 4 members (excludes halogenated alkanes) is 31.